The van der Waals surface area contributed by atoms with Crippen molar-refractivity contribution in [3.05, 3.63) is 10.6 Å². The number of hydrogen-bond acceptors (Lipinski definition) is 4. The Hall–Kier alpha value is -0.680. The van der Waals surface area contributed by atoms with Crippen molar-refractivity contribution in [2.75, 3.05) is 18.0 Å². The maximum atomic E-state index is 5.75. The first kappa shape index (κ1) is 12.8. The fourth-order valence-corrected chi connectivity index (χ4v) is 3.47. The number of rotatable bonds is 3. The van der Waals surface area contributed by atoms with Gasteiger partial charge in [-0.2, -0.15) is 0 Å². The molecule has 2 rings (SSSR count). The summed E-state index contributed by atoms with van der Waals surface area (Å²) in [6, 6.07) is 0. The van der Waals surface area contributed by atoms with Gasteiger partial charge in [0.15, 0.2) is 5.13 Å². The molecule has 0 amide bonds. The average Bonchev–Trinajstić information content (AvgIpc) is 2.57. The van der Waals surface area contributed by atoms with Crippen molar-refractivity contribution >= 4 is 33.7 Å². The minimum Gasteiger partial charge on any atom is -0.389 e. The number of aromatic nitrogens is 1. The normalized spacial score (nSPS) is 16.9. The van der Waals surface area contributed by atoms with Crippen molar-refractivity contribution in [2.24, 2.45) is 5.73 Å². The molecule has 1 saturated heterocycles. The summed E-state index contributed by atoms with van der Waals surface area (Å²) >= 11 is 6.74. The lowest BCUT2D eigenvalue weighted by Crippen LogP contribution is -2.23. The molecular formula is C12H19N3S2. The molecule has 1 aliphatic heterocycles. The Balaban J connectivity index is 2.22. The van der Waals surface area contributed by atoms with Gasteiger partial charge in [-0.3, -0.25) is 0 Å². The first-order chi connectivity index (χ1) is 8.22. The maximum Gasteiger partial charge on any atom is 0.186 e. The monoisotopic (exact) mass is 269 g/mol. The third-order valence-electron chi connectivity index (χ3n) is 3.12. The molecular weight excluding hydrogens is 250 g/mol. The van der Waals surface area contributed by atoms with Crippen LogP contribution in [0.4, 0.5) is 5.13 Å². The Morgan fingerprint density at radius 1 is 1.35 bits per heavy atom. The van der Waals surface area contributed by atoms with Gasteiger partial charge in [0.2, 0.25) is 0 Å². The number of nitrogens with two attached hydrogens (primary N) is 1. The van der Waals surface area contributed by atoms with E-state index in [1.165, 1.54) is 25.7 Å². The molecule has 1 aromatic heterocycles. The van der Waals surface area contributed by atoms with E-state index in [9.17, 15) is 0 Å². The van der Waals surface area contributed by atoms with Crippen molar-refractivity contribution in [2.45, 2.75) is 39.0 Å². The third kappa shape index (κ3) is 2.96. The number of hydrogen-bond donors (Lipinski definition) is 1. The van der Waals surface area contributed by atoms with Crippen LogP contribution in [0.2, 0.25) is 0 Å². The predicted molar refractivity (Wildman–Crippen MR) is 78.1 cm³/mol. The largest absolute Gasteiger partial charge is 0.389 e. The zero-order chi connectivity index (χ0) is 12.3. The first-order valence-corrected chi connectivity index (χ1v) is 7.49. The average molecular weight is 269 g/mol. The minimum absolute atomic E-state index is 0.487. The third-order valence-corrected chi connectivity index (χ3v) is 4.65. The molecule has 1 aromatic rings. The zero-order valence-electron chi connectivity index (χ0n) is 10.2. The molecule has 0 aliphatic carbocycles. The van der Waals surface area contributed by atoms with Crippen molar-refractivity contribution in [3.63, 3.8) is 0 Å². The summed E-state index contributed by atoms with van der Waals surface area (Å²) in [6.45, 7) is 4.34. The van der Waals surface area contributed by atoms with E-state index < -0.39 is 0 Å². The highest BCUT2D eigenvalue weighted by atomic mass is 32.1. The smallest absolute Gasteiger partial charge is 0.186 e. The van der Waals surface area contributed by atoms with E-state index in [1.807, 2.05) is 0 Å². The highest BCUT2D eigenvalue weighted by Gasteiger charge is 2.17. The van der Waals surface area contributed by atoms with Crippen LogP contribution in [0.15, 0.2) is 0 Å². The van der Waals surface area contributed by atoms with Crippen LogP contribution in [-0.4, -0.2) is 23.1 Å². The van der Waals surface area contributed by atoms with Gasteiger partial charge in [0.05, 0.1) is 10.6 Å². The van der Waals surface area contributed by atoms with Crippen LogP contribution >= 0.6 is 23.6 Å². The van der Waals surface area contributed by atoms with E-state index >= 15 is 0 Å². The van der Waals surface area contributed by atoms with Gasteiger partial charge in [-0.1, -0.05) is 43.3 Å². The lowest BCUT2D eigenvalue weighted by molar-refractivity contribution is 0.726. The Labute approximate surface area is 112 Å². The van der Waals surface area contributed by atoms with Crippen LogP contribution < -0.4 is 10.6 Å². The number of thiazole rings is 1. The van der Waals surface area contributed by atoms with Gasteiger partial charge >= 0.3 is 0 Å². The molecule has 0 aromatic carbocycles. The highest BCUT2D eigenvalue weighted by Crippen LogP contribution is 2.28. The summed E-state index contributed by atoms with van der Waals surface area (Å²) in [4.78, 5) is 8.57. The molecule has 3 nitrogen and oxygen atoms in total. The van der Waals surface area contributed by atoms with E-state index in [0.29, 0.717) is 4.99 Å². The van der Waals surface area contributed by atoms with Crippen LogP contribution in [0.25, 0.3) is 0 Å². The van der Waals surface area contributed by atoms with Crippen molar-refractivity contribution in [1.82, 2.24) is 4.98 Å². The molecule has 2 N–H and O–H groups in total. The first-order valence-electron chi connectivity index (χ1n) is 6.26. The van der Waals surface area contributed by atoms with Crippen LogP contribution in [0.5, 0.6) is 0 Å². The summed E-state index contributed by atoms with van der Waals surface area (Å²) in [5.41, 5.74) is 6.80. The minimum atomic E-state index is 0.487. The topological polar surface area (TPSA) is 42.2 Å². The zero-order valence-corrected chi connectivity index (χ0v) is 11.9. The summed E-state index contributed by atoms with van der Waals surface area (Å²) < 4.78 is 0. The quantitative estimate of drug-likeness (QED) is 0.857. The summed E-state index contributed by atoms with van der Waals surface area (Å²) in [6.07, 6.45) is 6.11. The number of anilines is 1. The Morgan fingerprint density at radius 3 is 2.47 bits per heavy atom. The molecule has 5 heteroatoms. The number of thiocarbonyl (C=S) groups is 1. The molecule has 0 bridgehead atoms. The van der Waals surface area contributed by atoms with Gasteiger partial charge in [-0.15, -0.1) is 0 Å². The van der Waals surface area contributed by atoms with Crippen molar-refractivity contribution in [3.8, 4) is 0 Å². The Morgan fingerprint density at radius 2 is 2.00 bits per heavy atom. The van der Waals surface area contributed by atoms with E-state index in [0.717, 1.165) is 35.2 Å². The second-order valence-corrected chi connectivity index (χ2v) is 5.81. The van der Waals surface area contributed by atoms with Gasteiger partial charge in [0, 0.05) is 13.1 Å². The van der Waals surface area contributed by atoms with Gasteiger partial charge in [-0.05, 0) is 19.3 Å². The van der Waals surface area contributed by atoms with Crippen LogP contribution in [0.3, 0.4) is 0 Å². The van der Waals surface area contributed by atoms with Crippen LogP contribution in [-0.2, 0) is 6.42 Å². The molecule has 0 saturated carbocycles. The fraction of sp³-hybridized carbons (Fsp3) is 0.667. The second kappa shape index (κ2) is 5.78. The summed E-state index contributed by atoms with van der Waals surface area (Å²) in [7, 11) is 0. The molecule has 2 heterocycles. The standard InChI is InChI=1S/C12H19N3S2/c1-2-9-10(11(13)16)17-12(14-9)15-7-5-3-4-6-8-15/h2-8H2,1H3,(H2,13,16). The number of aryl methyl sites for hydroxylation is 1. The van der Waals surface area contributed by atoms with Gasteiger partial charge < -0.3 is 10.6 Å². The molecule has 0 atom stereocenters. The second-order valence-electron chi connectivity index (χ2n) is 4.39. The molecule has 0 radical (unpaired) electrons. The molecule has 17 heavy (non-hydrogen) atoms. The molecule has 1 fully saturated rings. The molecule has 94 valence electrons. The number of nitrogens with zero attached hydrogens (tertiary/aromatic N) is 2. The van der Waals surface area contributed by atoms with Gasteiger partial charge in [0.25, 0.3) is 0 Å². The predicted octanol–water partition coefficient (Wildman–Crippen LogP) is 2.72. The van der Waals surface area contributed by atoms with Crippen LogP contribution in [0.1, 0.15) is 43.2 Å². The van der Waals surface area contributed by atoms with Crippen molar-refractivity contribution < 1.29 is 0 Å². The van der Waals surface area contributed by atoms with Gasteiger partial charge in [0.1, 0.15) is 4.99 Å². The maximum absolute atomic E-state index is 5.75. The lowest BCUT2D eigenvalue weighted by Gasteiger charge is -2.18. The SMILES string of the molecule is CCc1nc(N2CCCCCC2)sc1C(N)=S. The summed E-state index contributed by atoms with van der Waals surface area (Å²) in [5.74, 6) is 0. The van der Waals surface area contributed by atoms with Crippen LogP contribution in [0, 0.1) is 0 Å². The Bertz CT molecular complexity index is 392. The molecule has 0 unspecified atom stereocenters. The van der Waals surface area contributed by atoms with E-state index in [-0.39, 0.29) is 0 Å². The fourth-order valence-electron chi connectivity index (χ4n) is 2.17. The van der Waals surface area contributed by atoms with Crippen molar-refractivity contribution in [1.29, 1.82) is 0 Å². The Kier molecular flexibility index (Phi) is 4.34. The van der Waals surface area contributed by atoms with E-state index in [1.54, 1.807) is 11.3 Å². The highest BCUT2D eigenvalue weighted by molar-refractivity contribution is 7.81. The van der Waals surface area contributed by atoms with E-state index in [4.69, 9.17) is 22.9 Å². The van der Waals surface area contributed by atoms with Gasteiger partial charge in [-0.25, -0.2) is 4.98 Å². The molecule has 0 spiro atoms. The summed E-state index contributed by atoms with van der Waals surface area (Å²) in [5, 5.41) is 1.10. The molecule has 1 aliphatic rings. The lowest BCUT2D eigenvalue weighted by atomic mass is 10.2. The van der Waals surface area contributed by atoms with E-state index in [2.05, 4.69) is 11.8 Å².